The minimum atomic E-state index is 0. The molecule has 3 nitrogen and oxygen atoms in total. The second kappa shape index (κ2) is 8.54. The number of aryl methyl sites for hydroxylation is 1. The van der Waals surface area contributed by atoms with E-state index >= 15 is 0 Å². The highest BCUT2D eigenvalue weighted by molar-refractivity contribution is 5.92. The summed E-state index contributed by atoms with van der Waals surface area (Å²) < 4.78 is 0. The number of halogens is 1. The van der Waals surface area contributed by atoms with Crippen LogP contribution in [0.15, 0.2) is 18.2 Å². The molecule has 2 rings (SSSR count). The van der Waals surface area contributed by atoms with Crippen molar-refractivity contribution in [1.82, 2.24) is 0 Å². The van der Waals surface area contributed by atoms with Gasteiger partial charge >= 0.3 is 0 Å². The van der Waals surface area contributed by atoms with Crippen molar-refractivity contribution in [2.45, 2.75) is 64.8 Å². The minimum absolute atomic E-state index is 0. The number of hydrogen-bond acceptors (Lipinski definition) is 2. The van der Waals surface area contributed by atoms with Gasteiger partial charge in [-0.15, -0.1) is 12.4 Å². The van der Waals surface area contributed by atoms with Crippen LogP contribution in [-0.4, -0.2) is 11.9 Å². The van der Waals surface area contributed by atoms with E-state index in [0.717, 1.165) is 24.1 Å². The summed E-state index contributed by atoms with van der Waals surface area (Å²) in [6.45, 7) is 6.36. The average molecular weight is 325 g/mol. The Labute approximate surface area is 140 Å². The van der Waals surface area contributed by atoms with Gasteiger partial charge in [0.25, 0.3) is 0 Å². The molecule has 0 bridgehead atoms. The molecule has 1 fully saturated rings. The molecule has 0 spiro atoms. The highest BCUT2D eigenvalue weighted by atomic mass is 35.5. The van der Waals surface area contributed by atoms with Crippen LogP contribution in [-0.2, 0) is 4.79 Å². The average Bonchev–Trinajstić information content (AvgIpc) is 2.43. The number of para-hydroxylation sites is 1. The van der Waals surface area contributed by atoms with Crippen molar-refractivity contribution >= 4 is 24.0 Å². The summed E-state index contributed by atoms with van der Waals surface area (Å²) in [5.41, 5.74) is 9.47. The van der Waals surface area contributed by atoms with Crippen molar-refractivity contribution < 1.29 is 4.79 Å². The number of carbonyl (C=O) groups excluding carboxylic acids is 1. The maximum absolute atomic E-state index is 12.4. The van der Waals surface area contributed by atoms with Crippen LogP contribution in [0.3, 0.4) is 0 Å². The Bertz CT molecular complexity index is 502. The summed E-state index contributed by atoms with van der Waals surface area (Å²) in [4.78, 5) is 12.4. The lowest BCUT2D eigenvalue weighted by Gasteiger charge is -2.28. The molecule has 1 aliphatic rings. The first-order valence-corrected chi connectivity index (χ1v) is 8.14. The van der Waals surface area contributed by atoms with Crippen LogP contribution in [0.1, 0.15) is 63.0 Å². The van der Waals surface area contributed by atoms with Crippen LogP contribution >= 0.6 is 12.4 Å². The predicted molar refractivity (Wildman–Crippen MR) is 95.7 cm³/mol. The van der Waals surface area contributed by atoms with E-state index in [1.54, 1.807) is 0 Å². The van der Waals surface area contributed by atoms with Gasteiger partial charge in [0.05, 0.1) is 0 Å². The van der Waals surface area contributed by atoms with E-state index in [9.17, 15) is 4.79 Å². The molecule has 0 radical (unpaired) electrons. The molecule has 0 heterocycles. The Hall–Kier alpha value is -1.06. The highest BCUT2D eigenvalue weighted by Crippen LogP contribution is 2.29. The molecule has 0 aliphatic heterocycles. The third-order valence-electron chi connectivity index (χ3n) is 4.61. The maximum atomic E-state index is 12.4. The summed E-state index contributed by atoms with van der Waals surface area (Å²) in [5, 5.41) is 3.13. The van der Waals surface area contributed by atoms with Crippen molar-refractivity contribution in [3.63, 3.8) is 0 Å². The normalized spacial score (nSPS) is 21.3. The lowest BCUT2D eigenvalue weighted by Crippen LogP contribution is -2.35. The summed E-state index contributed by atoms with van der Waals surface area (Å²) in [6.07, 6.45) is 5.09. The first kappa shape index (κ1) is 19.0. The van der Waals surface area contributed by atoms with Crippen molar-refractivity contribution in [3.8, 4) is 0 Å². The number of amides is 1. The SMILES string of the molecule is Cc1cccc(C(C)C)c1NC(=O)CC1CCCCC1N.Cl. The van der Waals surface area contributed by atoms with E-state index in [1.165, 1.54) is 18.4 Å². The smallest absolute Gasteiger partial charge is 0.224 e. The molecule has 22 heavy (non-hydrogen) atoms. The quantitative estimate of drug-likeness (QED) is 0.863. The molecule has 2 unspecified atom stereocenters. The third-order valence-corrected chi connectivity index (χ3v) is 4.61. The van der Waals surface area contributed by atoms with E-state index in [0.29, 0.717) is 18.3 Å². The first-order valence-electron chi connectivity index (χ1n) is 8.14. The number of benzene rings is 1. The molecular weight excluding hydrogens is 296 g/mol. The Kier molecular flexibility index (Phi) is 7.37. The molecule has 0 saturated heterocycles. The standard InChI is InChI=1S/C18H28N2O.ClH/c1-12(2)15-9-6-7-13(3)18(15)20-17(21)11-14-8-4-5-10-16(14)19;/h6-7,9,12,14,16H,4-5,8,10-11,19H2,1-3H3,(H,20,21);1H. The summed E-state index contributed by atoms with van der Waals surface area (Å²) in [7, 11) is 0. The number of nitrogens with two attached hydrogens (primary N) is 1. The van der Waals surface area contributed by atoms with Gasteiger partial charge in [-0.25, -0.2) is 0 Å². The van der Waals surface area contributed by atoms with Crippen LogP contribution in [0.2, 0.25) is 0 Å². The van der Waals surface area contributed by atoms with Gasteiger partial charge in [0.2, 0.25) is 5.91 Å². The number of hydrogen-bond donors (Lipinski definition) is 2. The van der Waals surface area contributed by atoms with Crippen LogP contribution in [0, 0.1) is 12.8 Å². The largest absolute Gasteiger partial charge is 0.327 e. The van der Waals surface area contributed by atoms with Gasteiger partial charge in [-0.3, -0.25) is 4.79 Å². The van der Waals surface area contributed by atoms with Crippen LogP contribution < -0.4 is 11.1 Å². The first-order chi connectivity index (χ1) is 9.99. The Morgan fingerprint density at radius 3 is 2.64 bits per heavy atom. The molecule has 1 aromatic carbocycles. The fourth-order valence-electron chi connectivity index (χ4n) is 3.26. The molecule has 1 aliphatic carbocycles. The van der Waals surface area contributed by atoms with Crippen LogP contribution in [0.4, 0.5) is 5.69 Å². The zero-order chi connectivity index (χ0) is 15.4. The minimum Gasteiger partial charge on any atom is -0.327 e. The van der Waals surface area contributed by atoms with Crippen molar-refractivity contribution in [3.05, 3.63) is 29.3 Å². The monoisotopic (exact) mass is 324 g/mol. The molecule has 2 atom stereocenters. The molecule has 1 amide bonds. The van der Waals surface area contributed by atoms with E-state index in [2.05, 4.69) is 31.3 Å². The number of nitrogens with one attached hydrogen (secondary N) is 1. The van der Waals surface area contributed by atoms with Crippen LogP contribution in [0.5, 0.6) is 0 Å². The topological polar surface area (TPSA) is 55.1 Å². The molecule has 1 aromatic rings. The van der Waals surface area contributed by atoms with Gasteiger partial charge in [0.15, 0.2) is 0 Å². The Morgan fingerprint density at radius 2 is 2.00 bits per heavy atom. The van der Waals surface area contributed by atoms with E-state index in [-0.39, 0.29) is 24.4 Å². The second-order valence-electron chi connectivity index (χ2n) is 6.65. The Balaban J connectivity index is 0.00000242. The molecule has 0 aromatic heterocycles. The van der Waals surface area contributed by atoms with E-state index < -0.39 is 0 Å². The predicted octanol–water partition coefficient (Wildman–Crippen LogP) is 4.39. The van der Waals surface area contributed by atoms with Crippen molar-refractivity contribution in [2.24, 2.45) is 11.7 Å². The lowest BCUT2D eigenvalue weighted by molar-refractivity contribution is -0.117. The fraction of sp³-hybridized carbons (Fsp3) is 0.611. The van der Waals surface area contributed by atoms with Gasteiger partial charge in [-0.05, 0) is 42.7 Å². The lowest BCUT2D eigenvalue weighted by atomic mass is 9.83. The fourth-order valence-corrected chi connectivity index (χ4v) is 3.26. The number of rotatable bonds is 4. The molecule has 4 heteroatoms. The van der Waals surface area contributed by atoms with Crippen molar-refractivity contribution in [2.75, 3.05) is 5.32 Å². The van der Waals surface area contributed by atoms with Crippen LogP contribution in [0.25, 0.3) is 0 Å². The molecule has 1 saturated carbocycles. The molecule has 3 N–H and O–H groups in total. The zero-order valence-corrected chi connectivity index (χ0v) is 14.7. The van der Waals surface area contributed by atoms with Gasteiger partial charge < -0.3 is 11.1 Å². The molecule has 124 valence electrons. The van der Waals surface area contributed by atoms with E-state index in [4.69, 9.17) is 5.73 Å². The van der Waals surface area contributed by atoms with Gasteiger partial charge in [-0.2, -0.15) is 0 Å². The number of anilines is 1. The number of carbonyl (C=O) groups is 1. The zero-order valence-electron chi connectivity index (χ0n) is 13.9. The van der Waals surface area contributed by atoms with Gasteiger partial charge in [0, 0.05) is 18.2 Å². The van der Waals surface area contributed by atoms with Crippen molar-refractivity contribution in [1.29, 1.82) is 0 Å². The molecular formula is C18H29ClN2O. The van der Waals surface area contributed by atoms with Gasteiger partial charge in [-0.1, -0.05) is 44.9 Å². The maximum Gasteiger partial charge on any atom is 0.224 e. The summed E-state index contributed by atoms with van der Waals surface area (Å²) in [6, 6.07) is 6.39. The Morgan fingerprint density at radius 1 is 1.32 bits per heavy atom. The highest BCUT2D eigenvalue weighted by Gasteiger charge is 2.24. The second-order valence-corrected chi connectivity index (χ2v) is 6.65. The van der Waals surface area contributed by atoms with E-state index in [1.807, 2.05) is 13.0 Å². The summed E-state index contributed by atoms with van der Waals surface area (Å²) >= 11 is 0. The third kappa shape index (κ3) is 4.72. The van der Waals surface area contributed by atoms with Gasteiger partial charge in [0.1, 0.15) is 0 Å². The summed E-state index contributed by atoms with van der Waals surface area (Å²) in [5.74, 6) is 0.843.